The van der Waals surface area contributed by atoms with Crippen molar-refractivity contribution < 1.29 is 4.79 Å². The molecule has 1 aliphatic heterocycles. The number of aromatic nitrogens is 5. The van der Waals surface area contributed by atoms with Gasteiger partial charge in [-0.05, 0) is 51.2 Å². The number of nitrogens with one attached hydrogen (secondary N) is 1. The van der Waals surface area contributed by atoms with Gasteiger partial charge in [0.05, 0.1) is 0 Å². The van der Waals surface area contributed by atoms with Crippen molar-refractivity contribution in [3.63, 3.8) is 0 Å². The van der Waals surface area contributed by atoms with Crippen molar-refractivity contribution in [2.75, 3.05) is 18.0 Å². The Morgan fingerprint density at radius 3 is 2.83 bits per heavy atom. The molecule has 4 rings (SSSR count). The molecule has 1 amide bonds. The van der Waals surface area contributed by atoms with E-state index in [0.717, 1.165) is 41.4 Å². The first-order chi connectivity index (χ1) is 14.1. The van der Waals surface area contributed by atoms with Gasteiger partial charge in [0.15, 0.2) is 0 Å². The van der Waals surface area contributed by atoms with E-state index in [2.05, 4.69) is 30.3 Å². The van der Waals surface area contributed by atoms with E-state index >= 15 is 0 Å². The molecule has 1 fully saturated rings. The summed E-state index contributed by atoms with van der Waals surface area (Å²) in [5.41, 5.74) is 4.00. The molecule has 152 valence electrons. The van der Waals surface area contributed by atoms with Crippen molar-refractivity contribution in [2.45, 2.75) is 52.5 Å². The van der Waals surface area contributed by atoms with Gasteiger partial charge in [-0.1, -0.05) is 6.07 Å². The van der Waals surface area contributed by atoms with Crippen LogP contribution in [0.3, 0.4) is 0 Å². The lowest BCUT2D eigenvalue weighted by molar-refractivity contribution is -0.121. The fourth-order valence-corrected chi connectivity index (χ4v) is 4.00. The smallest absolute Gasteiger partial charge is 0.252 e. The highest BCUT2D eigenvalue weighted by Crippen LogP contribution is 2.21. The maximum Gasteiger partial charge on any atom is 0.252 e. The Morgan fingerprint density at radius 2 is 2.00 bits per heavy atom. The Labute approximate surface area is 170 Å². The molecule has 3 aromatic heterocycles. The molecule has 1 saturated heterocycles. The average Bonchev–Trinajstić information content (AvgIpc) is 3.21. The number of piperidine rings is 1. The van der Waals surface area contributed by atoms with Crippen molar-refractivity contribution in [3.8, 4) is 0 Å². The van der Waals surface area contributed by atoms with Gasteiger partial charge in [0.25, 0.3) is 5.78 Å². The summed E-state index contributed by atoms with van der Waals surface area (Å²) < 4.78 is 1.72. The summed E-state index contributed by atoms with van der Waals surface area (Å²) in [6, 6.07) is 3.98. The maximum absolute atomic E-state index is 12.5. The summed E-state index contributed by atoms with van der Waals surface area (Å²) in [5, 5.41) is 7.27. The van der Waals surface area contributed by atoms with Crippen molar-refractivity contribution in [2.24, 2.45) is 0 Å². The number of hydrogen-bond acceptors (Lipinski definition) is 6. The lowest BCUT2D eigenvalue weighted by atomic mass is 10.1. The highest BCUT2D eigenvalue weighted by Gasteiger charge is 2.16. The number of nitrogens with zero attached hydrogens (tertiary/aromatic N) is 6. The Balaban J connectivity index is 1.38. The minimum Gasteiger partial charge on any atom is -0.356 e. The van der Waals surface area contributed by atoms with Crippen LogP contribution in [-0.2, 0) is 17.8 Å². The molecule has 0 bridgehead atoms. The van der Waals surface area contributed by atoms with E-state index in [4.69, 9.17) is 0 Å². The number of amides is 1. The number of pyridine rings is 1. The van der Waals surface area contributed by atoms with Gasteiger partial charge in [0.2, 0.25) is 5.91 Å². The molecular formula is C21H27N7O. The van der Waals surface area contributed by atoms with Crippen LogP contribution in [-0.4, -0.2) is 43.6 Å². The second-order valence-corrected chi connectivity index (χ2v) is 7.54. The summed E-state index contributed by atoms with van der Waals surface area (Å²) >= 11 is 0. The number of fused-ring (bicyclic) bond motifs is 1. The third-order valence-electron chi connectivity index (χ3n) is 5.59. The van der Waals surface area contributed by atoms with E-state index < -0.39 is 0 Å². The van der Waals surface area contributed by atoms with E-state index in [1.54, 1.807) is 4.52 Å². The first-order valence-electron chi connectivity index (χ1n) is 10.2. The zero-order chi connectivity index (χ0) is 20.2. The molecule has 0 unspecified atom stereocenters. The molecule has 0 saturated carbocycles. The van der Waals surface area contributed by atoms with Crippen molar-refractivity contribution in [1.29, 1.82) is 0 Å². The molecule has 8 nitrogen and oxygen atoms in total. The van der Waals surface area contributed by atoms with Crippen molar-refractivity contribution in [3.05, 3.63) is 47.2 Å². The van der Waals surface area contributed by atoms with Gasteiger partial charge in [0.1, 0.15) is 12.1 Å². The Hall–Kier alpha value is -3.03. The zero-order valence-electron chi connectivity index (χ0n) is 17.1. The van der Waals surface area contributed by atoms with Crippen molar-refractivity contribution in [1.82, 2.24) is 29.9 Å². The molecule has 0 aliphatic carbocycles. The van der Waals surface area contributed by atoms with Crippen LogP contribution in [0.2, 0.25) is 0 Å². The number of anilines is 1. The zero-order valence-corrected chi connectivity index (χ0v) is 17.1. The number of carbonyl (C=O) groups excluding carboxylic acids is 1. The number of carbonyl (C=O) groups is 1. The Kier molecular flexibility index (Phi) is 5.69. The first-order valence-corrected chi connectivity index (χ1v) is 10.2. The summed E-state index contributed by atoms with van der Waals surface area (Å²) in [7, 11) is 0. The summed E-state index contributed by atoms with van der Waals surface area (Å²) in [6.45, 7) is 6.51. The second-order valence-electron chi connectivity index (χ2n) is 7.54. The molecule has 1 N–H and O–H groups in total. The van der Waals surface area contributed by atoms with E-state index in [0.29, 0.717) is 25.2 Å². The highest BCUT2D eigenvalue weighted by molar-refractivity contribution is 5.76. The van der Waals surface area contributed by atoms with Gasteiger partial charge < -0.3 is 10.2 Å². The molecule has 0 spiro atoms. The molecular weight excluding hydrogens is 366 g/mol. The number of rotatable bonds is 6. The fraction of sp³-hybridized carbons (Fsp3) is 0.476. The largest absolute Gasteiger partial charge is 0.356 e. The highest BCUT2D eigenvalue weighted by atomic mass is 16.1. The van der Waals surface area contributed by atoms with Gasteiger partial charge in [-0.2, -0.15) is 10.1 Å². The molecule has 29 heavy (non-hydrogen) atoms. The summed E-state index contributed by atoms with van der Waals surface area (Å²) in [4.78, 5) is 28.0. The number of hydrogen-bond donors (Lipinski definition) is 1. The van der Waals surface area contributed by atoms with Crippen LogP contribution in [0.15, 0.2) is 24.7 Å². The van der Waals surface area contributed by atoms with Crippen molar-refractivity contribution >= 4 is 17.5 Å². The van der Waals surface area contributed by atoms with E-state index in [1.165, 1.54) is 25.6 Å². The monoisotopic (exact) mass is 393 g/mol. The molecule has 8 heteroatoms. The van der Waals surface area contributed by atoms with Crippen LogP contribution in [0, 0.1) is 13.8 Å². The SMILES string of the molecule is Cc1nc2ncnn2c(C)c1CCC(=O)NCc1cccnc1N1CCCCC1. The van der Waals surface area contributed by atoms with Crippen LogP contribution in [0.4, 0.5) is 5.82 Å². The predicted octanol–water partition coefficient (Wildman–Crippen LogP) is 2.38. The molecule has 4 heterocycles. The topological polar surface area (TPSA) is 88.3 Å². The number of aryl methyl sites for hydroxylation is 2. The minimum absolute atomic E-state index is 0.0240. The van der Waals surface area contributed by atoms with Crippen LogP contribution in [0.1, 0.15) is 48.2 Å². The lowest BCUT2D eigenvalue weighted by Crippen LogP contribution is -2.32. The molecule has 1 aliphatic rings. The Bertz CT molecular complexity index is 1010. The standard InChI is InChI=1S/C21H27N7O/c1-15-18(16(2)28-21(26-15)24-14-25-28)8-9-19(29)23-13-17-7-6-10-22-20(17)27-11-4-3-5-12-27/h6-7,10,14H,3-5,8-9,11-13H2,1-2H3,(H,23,29). The van der Waals surface area contributed by atoms with Gasteiger partial charge in [-0.15, -0.1) is 0 Å². The van der Waals surface area contributed by atoms with Crippen LogP contribution in [0.5, 0.6) is 0 Å². The lowest BCUT2D eigenvalue weighted by Gasteiger charge is -2.29. The third-order valence-corrected chi connectivity index (χ3v) is 5.59. The maximum atomic E-state index is 12.5. The first kappa shape index (κ1) is 19.3. The summed E-state index contributed by atoms with van der Waals surface area (Å²) in [6.07, 6.45) is 8.04. The summed E-state index contributed by atoms with van der Waals surface area (Å²) in [5.74, 6) is 1.62. The molecule has 0 aromatic carbocycles. The van der Waals surface area contributed by atoms with E-state index in [9.17, 15) is 4.79 Å². The second kappa shape index (κ2) is 8.55. The fourth-order valence-electron chi connectivity index (χ4n) is 4.00. The third kappa shape index (κ3) is 4.21. The molecule has 0 atom stereocenters. The van der Waals surface area contributed by atoms with Gasteiger partial charge in [-0.3, -0.25) is 4.79 Å². The Morgan fingerprint density at radius 1 is 1.17 bits per heavy atom. The normalized spacial score (nSPS) is 14.3. The van der Waals surface area contributed by atoms with Gasteiger partial charge in [0, 0.05) is 49.2 Å². The average molecular weight is 393 g/mol. The molecule has 0 radical (unpaired) electrons. The molecule has 3 aromatic rings. The van der Waals surface area contributed by atoms with E-state index in [-0.39, 0.29) is 5.91 Å². The van der Waals surface area contributed by atoms with E-state index in [1.807, 2.05) is 32.2 Å². The van der Waals surface area contributed by atoms with Crippen LogP contribution >= 0.6 is 0 Å². The quantitative estimate of drug-likeness (QED) is 0.692. The van der Waals surface area contributed by atoms with Gasteiger partial charge in [-0.25, -0.2) is 14.5 Å². The minimum atomic E-state index is 0.0240. The van der Waals surface area contributed by atoms with Crippen LogP contribution in [0.25, 0.3) is 5.78 Å². The van der Waals surface area contributed by atoms with Crippen LogP contribution < -0.4 is 10.2 Å². The van der Waals surface area contributed by atoms with Gasteiger partial charge >= 0.3 is 0 Å². The predicted molar refractivity (Wildman–Crippen MR) is 111 cm³/mol.